The van der Waals surface area contributed by atoms with E-state index < -0.39 is 11.9 Å². The third-order valence-corrected chi connectivity index (χ3v) is 6.34. The summed E-state index contributed by atoms with van der Waals surface area (Å²) < 4.78 is 52.9. The number of pyridine rings is 1. The van der Waals surface area contributed by atoms with Gasteiger partial charge in [-0.3, -0.25) is 4.90 Å². The van der Waals surface area contributed by atoms with Gasteiger partial charge in [0.15, 0.2) is 11.3 Å². The van der Waals surface area contributed by atoms with Gasteiger partial charge in [-0.2, -0.15) is 13.2 Å². The number of ether oxygens (including phenoxy) is 2. The predicted molar refractivity (Wildman–Crippen MR) is 114 cm³/mol. The maximum absolute atomic E-state index is 13.3. The van der Waals surface area contributed by atoms with Gasteiger partial charge < -0.3 is 19.2 Å². The van der Waals surface area contributed by atoms with Crippen molar-refractivity contribution in [1.29, 1.82) is 0 Å². The number of piperidine rings is 1. The van der Waals surface area contributed by atoms with Crippen molar-refractivity contribution in [3.8, 4) is 5.75 Å². The van der Waals surface area contributed by atoms with Crippen molar-refractivity contribution in [1.82, 2.24) is 14.3 Å². The van der Waals surface area contributed by atoms with Crippen LogP contribution in [0.5, 0.6) is 5.75 Å². The van der Waals surface area contributed by atoms with E-state index in [1.54, 1.807) is 25.4 Å². The van der Waals surface area contributed by atoms with Gasteiger partial charge in [0.1, 0.15) is 12.4 Å². The van der Waals surface area contributed by atoms with Crippen molar-refractivity contribution >= 4 is 11.3 Å². The maximum atomic E-state index is 13.3. The summed E-state index contributed by atoms with van der Waals surface area (Å²) in [7, 11) is 1.73. The number of aromatic nitrogens is 2. The second-order valence-corrected chi connectivity index (χ2v) is 8.31. The predicted octanol–water partition coefficient (Wildman–Crippen LogP) is 4.38. The van der Waals surface area contributed by atoms with Crippen LogP contribution in [-0.4, -0.2) is 53.2 Å². The van der Waals surface area contributed by atoms with Crippen LogP contribution in [0.3, 0.4) is 0 Å². The number of imidazole rings is 1. The molecular formula is C23H25F3N4O2. The van der Waals surface area contributed by atoms with Gasteiger partial charge in [0, 0.05) is 31.6 Å². The number of halogens is 3. The first-order valence-corrected chi connectivity index (χ1v) is 10.7. The second kappa shape index (κ2) is 8.29. The number of para-hydroxylation sites is 1. The van der Waals surface area contributed by atoms with E-state index in [1.165, 1.54) is 4.40 Å². The highest BCUT2D eigenvalue weighted by Gasteiger charge is 2.38. The second-order valence-electron chi connectivity index (χ2n) is 8.31. The Morgan fingerprint density at radius 1 is 1.19 bits per heavy atom. The topological polar surface area (TPSA) is 51.0 Å². The number of fused-ring (bicyclic) bond motifs is 2. The minimum atomic E-state index is -4.50. The third-order valence-electron chi connectivity index (χ3n) is 6.34. The van der Waals surface area contributed by atoms with Crippen LogP contribution in [0, 0.1) is 0 Å². The van der Waals surface area contributed by atoms with Crippen molar-refractivity contribution in [2.24, 2.45) is 0 Å². The van der Waals surface area contributed by atoms with Crippen LogP contribution in [0.15, 0.2) is 48.8 Å². The molecule has 1 fully saturated rings. The summed E-state index contributed by atoms with van der Waals surface area (Å²) in [6.07, 6.45) is 0.291. The van der Waals surface area contributed by atoms with E-state index in [2.05, 4.69) is 15.2 Å². The van der Waals surface area contributed by atoms with Crippen LogP contribution >= 0.6 is 0 Å². The standard InChI is InChI=1S/C23H25F3N4O2/c1-31-15-6-4-10-29(12-15)18-14-32-19-9-3-2-7-16(19)21(18)27-17-8-5-11-30-13-20(23(24,25)26)28-22(17)30/h2-3,5,7-9,11,13,15,18,21,27H,4,6,10,12,14H2,1H3/t15-,18-,21-/m0/s1. The molecule has 170 valence electrons. The van der Waals surface area contributed by atoms with E-state index in [4.69, 9.17) is 9.47 Å². The molecule has 0 saturated carbocycles. The number of nitrogens with one attached hydrogen (secondary N) is 1. The number of likely N-dealkylation sites (tertiary alicyclic amines) is 1. The molecule has 2 aromatic heterocycles. The smallest absolute Gasteiger partial charge is 0.434 e. The van der Waals surface area contributed by atoms with Crippen molar-refractivity contribution < 1.29 is 22.6 Å². The fraction of sp³-hybridized carbons (Fsp3) is 0.435. The molecule has 2 aliphatic heterocycles. The number of alkyl halides is 3. The van der Waals surface area contributed by atoms with Crippen molar-refractivity contribution in [2.45, 2.75) is 37.2 Å². The largest absolute Gasteiger partial charge is 0.491 e. The highest BCUT2D eigenvalue weighted by atomic mass is 19.4. The molecule has 6 nitrogen and oxygen atoms in total. The van der Waals surface area contributed by atoms with E-state index in [0.717, 1.165) is 43.4 Å². The van der Waals surface area contributed by atoms with E-state index in [-0.39, 0.29) is 23.8 Å². The average Bonchev–Trinajstić information content (AvgIpc) is 3.25. The molecule has 1 saturated heterocycles. The number of nitrogens with zero attached hydrogens (tertiary/aromatic N) is 3. The molecule has 0 amide bonds. The molecule has 0 spiro atoms. The highest BCUT2D eigenvalue weighted by Crippen LogP contribution is 2.38. The first-order valence-electron chi connectivity index (χ1n) is 10.7. The van der Waals surface area contributed by atoms with Crippen LogP contribution in [-0.2, 0) is 10.9 Å². The van der Waals surface area contributed by atoms with Crippen LogP contribution in [0.2, 0.25) is 0 Å². The Labute approximate surface area is 183 Å². The third kappa shape index (κ3) is 3.91. The Bertz CT molecular complexity index is 1100. The average molecular weight is 446 g/mol. The molecule has 0 unspecified atom stereocenters. The molecule has 5 rings (SSSR count). The molecular weight excluding hydrogens is 421 g/mol. The van der Waals surface area contributed by atoms with Gasteiger partial charge in [-0.05, 0) is 37.6 Å². The molecule has 9 heteroatoms. The van der Waals surface area contributed by atoms with Gasteiger partial charge in [-0.25, -0.2) is 4.98 Å². The number of methoxy groups -OCH3 is 1. The molecule has 4 heterocycles. The summed E-state index contributed by atoms with van der Waals surface area (Å²) in [5.74, 6) is 0.785. The summed E-state index contributed by atoms with van der Waals surface area (Å²) in [5.41, 5.74) is 0.869. The lowest BCUT2D eigenvalue weighted by Crippen LogP contribution is -2.53. The highest BCUT2D eigenvalue weighted by molar-refractivity contribution is 5.69. The zero-order valence-corrected chi connectivity index (χ0v) is 17.7. The SMILES string of the molecule is CO[C@H]1CCCN([C@H]2COc3ccccc3[C@@H]2Nc2cccn3cc(C(F)(F)F)nc23)C1. The number of rotatable bonds is 4. The van der Waals surface area contributed by atoms with E-state index in [1.807, 2.05) is 24.3 Å². The number of hydrogen-bond donors (Lipinski definition) is 1. The minimum absolute atomic E-state index is 0.000143. The molecule has 3 atom stereocenters. The molecule has 0 aliphatic carbocycles. The van der Waals surface area contributed by atoms with E-state index in [9.17, 15) is 13.2 Å². The molecule has 1 aromatic carbocycles. The lowest BCUT2D eigenvalue weighted by atomic mass is 9.93. The van der Waals surface area contributed by atoms with Crippen molar-refractivity contribution in [2.75, 3.05) is 32.1 Å². The Balaban J connectivity index is 1.52. The number of anilines is 1. The van der Waals surface area contributed by atoms with Crippen LogP contribution < -0.4 is 10.1 Å². The Morgan fingerprint density at radius 3 is 2.84 bits per heavy atom. The van der Waals surface area contributed by atoms with Gasteiger partial charge in [-0.1, -0.05) is 18.2 Å². The zero-order valence-electron chi connectivity index (χ0n) is 17.7. The molecule has 32 heavy (non-hydrogen) atoms. The van der Waals surface area contributed by atoms with Crippen LogP contribution in [0.1, 0.15) is 30.1 Å². The Hall–Kier alpha value is -2.78. The number of hydrogen-bond acceptors (Lipinski definition) is 5. The summed E-state index contributed by atoms with van der Waals surface area (Å²) in [5, 5.41) is 3.51. The Morgan fingerprint density at radius 2 is 2.03 bits per heavy atom. The van der Waals surface area contributed by atoms with Gasteiger partial charge in [-0.15, -0.1) is 0 Å². The van der Waals surface area contributed by atoms with Crippen LogP contribution in [0.4, 0.5) is 18.9 Å². The normalized spacial score (nSPS) is 24.2. The zero-order chi connectivity index (χ0) is 22.3. The van der Waals surface area contributed by atoms with Crippen molar-refractivity contribution in [3.63, 3.8) is 0 Å². The molecule has 3 aromatic rings. The monoisotopic (exact) mass is 446 g/mol. The van der Waals surface area contributed by atoms with Gasteiger partial charge in [0.05, 0.1) is 23.9 Å². The minimum Gasteiger partial charge on any atom is -0.491 e. The fourth-order valence-corrected chi connectivity index (χ4v) is 4.73. The quantitative estimate of drug-likeness (QED) is 0.645. The van der Waals surface area contributed by atoms with Gasteiger partial charge in [0.2, 0.25) is 0 Å². The summed E-state index contributed by atoms with van der Waals surface area (Å²) >= 11 is 0. The Kier molecular flexibility index (Phi) is 5.46. The first kappa shape index (κ1) is 21.1. The lowest BCUT2D eigenvalue weighted by Gasteiger charge is -2.44. The summed E-state index contributed by atoms with van der Waals surface area (Å²) in [6.45, 7) is 2.19. The summed E-state index contributed by atoms with van der Waals surface area (Å²) in [4.78, 5) is 6.24. The molecule has 0 bridgehead atoms. The first-order chi connectivity index (χ1) is 15.4. The lowest BCUT2D eigenvalue weighted by molar-refractivity contribution is -0.140. The van der Waals surface area contributed by atoms with Gasteiger partial charge in [0.25, 0.3) is 0 Å². The van der Waals surface area contributed by atoms with E-state index in [0.29, 0.717) is 12.3 Å². The molecule has 0 radical (unpaired) electrons. The van der Waals surface area contributed by atoms with Crippen LogP contribution in [0.25, 0.3) is 5.65 Å². The number of benzene rings is 1. The van der Waals surface area contributed by atoms with E-state index >= 15 is 0 Å². The molecule has 1 N–H and O–H groups in total. The van der Waals surface area contributed by atoms with Crippen molar-refractivity contribution in [3.05, 3.63) is 60.0 Å². The summed E-state index contributed by atoms with van der Waals surface area (Å²) in [6, 6.07) is 11.1. The fourth-order valence-electron chi connectivity index (χ4n) is 4.73. The maximum Gasteiger partial charge on any atom is 0.434 e. The molecule has 2 aliphatic rings. The van der Waals surface area contributed by atoms with Gasteiger partial charge >= 0.3 is 6.18 Å².